The fourth-order valence-electron chi connectivity index (χ4n) is 2.08. The van der Waals surface area contributed by atoms with Crippen molar-refractivity contribution in [2.24, 2.45) is 0 Å². The first-order valence-corrected chi connectivity index (χ1v) is 8.59. The quantitative estimate of drug-likeness (QED) is 0.308. The van der Waals surface area contributed by atoms with E-state index >= 15 is 0 Å². The number of alkyl halides is 1. The minimum Gasteiger partial charge on any atom is -0.457 e. The van der Waals surface area contributed by atoms with Crippen LogP contribution in [0.15, 0.2) is 0 Å². The Hall–Kier alpha value is -0.0500. The molecule has 0 aliphatic rings. The fraction of sp³-hybridized carbons (Fsp3) is 0.933. The maximum Gasteiger partial charge on any atom is 0.417 e. The van der Waals surface area contributed by atoms with E-state index in [1.54, 1.807) is 0 Å². The zero-order chi connectivity index (χ0) is 13.3. The van der Waals surface area contributed by atoms with Gasteiger partial charge in [0.05, 0.1) is 6.61 Å². The molecule has 0 aliphatic carbocycles. The van der Waals surface area contributed by atoms with Gasteiger partial charge in [-0.25, -0.2) is 4.79 Å². The second kappa shape index (κ2) is 16.9. The molecule has 0 aromatic heterocycles. The van der Waals surface area contributed by atoms with Gasteiger partial charge in [0.1, 0.15) is 0 Å². The van der Waals surface area contributed by atoms with E-state index < -0.39 is 0 Å². The molecule has 0 atom stereocenters. The zero-order valence-corrected chi connectivity index (χ0v) is 13.2. The molecule has 0 aliphatic heterocycles. The summed E-state index contributed by atoms with van der Waals surface area (Å²) in [5, 5.41) is 1.16. The second-order valence-corrected chi connectivity index (χ2v) is 5.66. The van der Waals surface area contributed by atoms with Crippen molar-refractivity contribution < 1.29 is 9.53 Å². The molecule has 0 rings (SSSR count). The highest BCUT2D eigenvalue weighted by Gasteiger charge is 1.93. The summed E-state index contributed by atoms with van der Waals surface area (Å²) in [6, 6.07) is 0. The lowest BCUT2D eigenvalue weighted by molar-refractivity contribution is 0.268. The van der Waals surface area contributed by atoms with Gasteiger partial charge in [0.2, 0.25) is 0 Å². The van der Waals surface area contributed by atoms with Crippen LogP contribution in [0.25, 0.3) is 0 Å². The number of ether oxygens (including phenoxy) is 1. The average Bonchev–Trinajstić information content (AvgIpc) is 2.39. The molecule has 0 bridgehead atoms. The summed E-state index contributed by atoms with van der Waals surface area (Å²) in [7, 11) is 0. The maximum atomic E-state index is 9.77. The summed E-state index contributed by atoms with van der Waals surface area (Å²) in [5.74, 6) is 0. The first kappa shape index (κ1) is 17.9. The van der Waals surface area contributed by atoms with Crippen molar-refractivity contribution in [2.75, 3.05) is 11.9 Å². The molecule has 0 saturated carbocycles. The Labute approximate surface area is 121 Å². The van der Waals surface area contributed by atoms with Crippen molar-refractivity contribution in [3.05, 3.63) is 0 Å². The van der Waals surface area contributed by atoms with Crippen molar-refractivity contribution in [3.63, 3.8) is 0 Å². The van der Waals surface area contributed by atoms with Gasteiger partial charge in [-0.15, -0.1) is 0 Å². The minimum atomic E-state index is 0.540. The number of halogens is 1. The molecule has 0 spiro atoms. The molecule has 3 heteroatoms. The van der Waals surface area contributed by atoms with Gasteiger partial charge in [0, 0.05) is 5.33 Å². The van der Waals surface area contributed by atoms with Crippen LogP contribution in [0.3, 0.4) is 0 Å². The normalized spacial score (nSPS) is 10.5. The van der Waals surface area contributed by atoms with Crippen LogP contribution < -0.4 is 0 Å². The predicted molar refractivity (Wildman–Crippen MR) is 80.8 cm³/mol. The highest BCUT2D eigenvalue weighted by molar-refractivity contribution is 9.09. The van der Waals surface area contributed by atoms with Crippen LogP contribution in [0, 0.1) is 0 Å². The Morgan fingerprint density at radius 3 is 1.44 bits per heavy atom. The Morgan fingerprint density at radius 1 is 0.667 bits per heavy atom. The highest BCUT2D eigenvalue weighted by Crippen LogP contribution is 2.12. The van der Waals surface area contributed by atoms with Crippen molar-refractivity contribution in [3.8, 4) is 0 Å². The van der Waals surface area contributed by atoms with Crippen LogP contribution in [-0.2, 0) is 9.53 Å². The van der Waals surface area contributed by atoms with Crippen molar-refractivity contribution >= 4 is 22.4 Å². The second-order valence-electron chi connectivity index (χ2n) is 4.86. The van der Waals surface area contributed by atoms with Gasteiger partial charge < -0.3 is 4.74 Å². The molecular formula is C15H28BrO2. The summed E-state index contributed by atoms with van der Waals surface area (Å²) in [4.78, 5) is 9.77. The molecule has 0 fully saturated rings. The Balaban J connectivity index is 2.88. The van der Waals surface area contributed by atoms with Crippen LogP contribution in [0.4, 0.5) is 0 Å². The SMILES string of the molecule is O=[C]OCCCCCCCCCCCCCCBr. The third-order valence-corrected chi connectivity index (χ3v) is 3.75. The van der Waals surface area contributed by atoms with E-state index in [0.717, 1.165) is 11.8 Å². The van der Waals surface area contributed by atoms with E-state index in [0.29, 0.717) is 6.61 Å². The molecule has 0 N–H and O–H groups in total. The van der Waals surface area contributed by atoms with Crippen LogP contribution in [0.5, 0.6) is 0 Å². The summed E-state index contributed by atoms with van der Waals surface area (Å²) >= 11 is 3.46. The first-order chi connectivity index (χ1) is 8.91. The first-order valence-electron chi connectivity index (χ1n) is 7.46. The van der Waals surface area contributed by atoms with Crippen LogP contribution in [-0.4, -0.2) is 18.4 Å². The molecule has 18 heavy (non-hydrogen) atoms. The molecule has 0 aromatic carbocycles. The summed E-state index contributed by atoms with van der Waals surface area (Å²) in [6.07, 6.45) is 15.8. The number of carbonyl (C=O) groups excluding carboxylic acids is 1. The topological polar surface area (TPSA) is 26.3 Å². The van der Waals surface area contributed by atoms with Crippen LogP contribution in [0.2, 0.25) is 0 Å². The number of unbranched alkanes of at least 4 members (excludes halogenated alkanes) is 11. The smallest absolute Gasteiger partial charge is 0.417 e. The molecular weight excluding hydrogens is 292 g/mol. The molecule has 0 amide bonds. The predicted octanol–water partition coefficient (Wildman–Crippen LogP) is 5.15. The maximum absolute atomic E-state index is 9.77. The van der Waals surface area contributed by atoms with Gasteiger partial charge in [-0.2, -0.15) is 0 Å². The highest BCUT2D eigenvalue weighted by atomic mass is 79.9. The molecule has 1 radical (unpaired) electrons. The molecule has 0 saturated heterocycles. The minimum absolute atomic E-state index is 0.540. The lowest BCUT2D eigenvalue weighted by atomic mass is 10.1. The standard InChI is InChI=1S/C15H28BrO2/c16-13-11-9-7-5-3-1-2-4-6-8-10-12-14-18-15-17/h1-14H2. The average molecular weight is 320 g/mol. The molecule has 0 unspecified atom stereocenters. The zero-order valence-electron chi connectivity index (χ0n) is 11.6. The van der Waals surface area contributed by atoms with Gasteiger partial charge in [-0.05, 0) is 12.8 Å². The van der Waals surface area contributed by atoms with Gasteiger partial charge in [0.15, 0.2) is 0 Å². The van der Waals surface area contributed by atoms with E-state index in [1.165, 1.54) is 77.1 Å². The number of rotatable bonds is 15. The van der Waals surface area contributed by atoms with Crippen molar-refractivity contribution in [2.45, 2.75) is 77.0 Å². The number of hydrogen-bond donors (Lipinski definition) is 0. The number of hydrogen-bond acceptors (Lipinski definition) is 2. The van der Waals surface area contributed by atoms with Crippen LogP contribution >= 0.6 is 15.9 Å². The molecule has 107 valence electrons. The van der Waals surface area contributed by atoms with Gasteiger partial charge >= 0.3 is 6.47 Å². The molecule has 0 aromatic rings. The Morgan fingerprint density at radius 2 is 1.06 bits per heavy atom. The van der Waals surface area contributed by atoms with Gasteiger partial charge in [0.25, 0.3) is 0 Å². The third-order valence-electron chi connectivity index (χ3n) is 3.19. The van der Waals surface area contributed by atoms with Crippen molar-refractivity contribution in [1.82, 2.24) is 0 Å². The monoisotopic (exact) mass is 319 g/mol. The van der Waals surface area contributed by atoms with E-state index in [-0.39, 0.29) is 0 Å². The lowest BCUT2D eigenvalue weighted by Crippen LogP contribution is -1.91. The van der Waals surface area contributed by atoms with E-state index in [2.05, 4.69) is 20.7 Å². The Bertz CT molecular complexity index is 163. The van der Waals surface area contributed by atoms with E-state index in [9.17, 15) is 4.79 Å². The fourth-order valence-corrected chi connectivity index (χ4v) is 2.47. The summed E-state index contributed by atoms with van der Waals surface area (Å²) in [6.45, 7) is 2.00. The molecule has 2 nitrogen and oxygen atoms in total. The molecule has 0 heterocycles. The van der Waals surface area contributed by atoms with Gasteiger partial charge in [-0.1, -0.05) is 80.1 Å². The van der Waals surface area contributed by atoms with Gasteiger partial charge in [-0.3, -0.25) is 0 Å². The summed E-state index contributed by atoms with van der Waals surface area (Å²) < 4.78 is 4.52. The summed E-state index contributed by atoms with van der Waals surface area (Å²) in [5.41, 5.74) is 0. The Kier molecular flexibility index (Phi) is 16.9. The van der Waals surface area contributed by atoms with E-state index in [4.69, 9.17) is 0 Å². The largest absolute Gasteiger partial charge is 0.457 e. The van der Waals surface area contributed by atoms with E-state index in [1.807, 2.05) is 0 Å². The van der Waals surface area contributed by atoms with Crippen molar-refractivity contribution in [1.29, 1.82) is 0 Å². The lowest BCUT2D eigenvalue weighted by Gasteiger charge is -2.02. The van der Waals surface area contributed by atoms with Crippen LogP contribution in [0.1, 0.15) is 77.0 Å². The third kappa shape index (κ3) is 16.0.